The maximum atomic E-state index is 12.0. The lowest BCUT2D eigenvalue weighted by atomic mass is 10.2. The van der Waals surface area contributed by atoms with E-state index in [0.717, 1.165) is 25.9 Å². The molecule has 7 heteroatoms. The number of carbonyl (C=O) groups excluding carboxylic acids is 1. The predicted octanol–water partition coefficient (Wildman–Crippen LogP) is 0.421. The highest BCUT2D eigenvalue weighted by molar-refractivity contribution is 5.90. The molecule has 0 aromatic carbocycles. The number of likely N-dealkylation sites (N-methyl/N-ethyl adjacent to an activating group) is 1. The van der Waals surface area contributed by atoms with Gasteiger partial charge in [-0.1, -0.05) is 0 Å². The molecule has 1 aliphatic rings. The first-order valence-corrected chi connectivity index (χ1v) is 6.47. The highest BCUT2D eigenvalue weighted by Crippen LogP contribution is 2.20. The van der Waals surface area contributed by atoms with Crippen molar-refractivity contribution in [3.8, 4) is 0 Å². The van der Waals surface area contributed by atoms with Gasteiger partial charge in [-0.25, -0.2) is 9.78 Å². The van der Waals surface area contributed by atoms with Crippen LogP contribution in [-0.4, -0.2) is 53.5 Å². The van der Waals surface area contributed by atoms with Gasteiger partial charge in [0.15, 0.2) is 5.82 Å². The molecule has 1 saturated heterocycles. The van der Waals surface area contributed by atoms with E-state index >= 15 is 0 Å². The number of rotatable bonds is 4. The molecular formula is C13H18N4O3. The zero-order chi connectivity index (χ0) is 14.7. The molecule has 1 amide bonds. The molecule has 0 bridgehead atoms. The van der Waals surface area contributed by atoms with Crippen molar-refractivity contribution in [2.24, 2.45) is 0 Å². The minimum absolute atomic E-state index is 0.0329. The Bertz CT molecular complexity index is 526. The van der Waals surface area contributed by atoms with E-state index in [1.165, 1.54) is 12.3 Å². The third kappa shape index (κ3) is 2.98. The van der Waals surface area contributed by atoms with E-state index in [-0.39, 0.29) is 23.7 Å². The molecule has 0 saturated carbocycles. The molecule has 20 heavy (non-hydrogen) atoms. The second-order valence-electron chi connectivity index (χ2n) is 4.89. The van der Waals surface area contributed by atoms with Crippen LogP contribution in [0.1, 0.15) is 23.2 Å². The van der Waals surface area contributed by atoms with Gasteiger partial charge in [0, 0.05) is 26.3 Å². The SMILES string of the molecule is CN(CC(=O)N1CCCC1)c1ncc(C(=O)O)cc1N. The Morgan fingerprint density at radius 2 is 2.10 bits per heavy atom. The summed E-state index contributed by atoms with van der Waals surface area (Å²) in [5.74, 6) is -0.623. The topological polar surface area (TPSA) is 99.8 Å². The number of carboxylic acid groups (broad SMARTS) is 1. The second kappa shape index (κ2) is 5.77. The van der Waals surface area contributed by atoms with E-state index in [4.69, 9.17) is 10.8 Å². The fourth-order valence-electron chi connectivity index (χ4n) is 2.25. The number of aromatic carboxylic acids is 1. The average molecular weight is 278 g/mol. The third-order valence-electron chi connectivity index (χ3n) is 3.33. The van der Waals surface area contributed by atoms with Gasteiger partial charge < -0.3 is 20.6 Å². The van der Waals surface area contributed by atoms with Gasteiger partial charge in [0.2, 0.25) is 5.91 Å². The average Bonchev–Trinajstić information content (AvgIpc) is 2.92. The van der Waals surface area contributed by atoms with Gasteiger partial charge in [0.05, 0.1) is 17.8 Å². The number of nitrogens with two attached hydrogens (primary N) is 1. The Hall–Kier alpha value is -2.31. The summed E-state index contributed by atoms with van der Waals surface area (Å²) in [6, 6.07) is 1.35. The van der Waals surface area contributed by atoms with E-state index in [1.807, 2.05) is 4.90 Å². The molecule has 0 spiro atoms. The van der Waals surface area contributed by atoms with Gasteiger partial charge in [-0.3, -0.25) is 4.79 Å². The number of hydrogen-bond donors (Lipinski definition) is 2. The summed E-state index contributed by atoms with van der Waals surface area (Å²) in [6.45, 7) is 1.78. The number of aromatic nitrogens is 1. The summed E-state index contributed by atoms with van der Waals surface area (Å²) < 4.78 is 0. The van der Waals surface area contributed by atoms with E-state index in [9.17, 15) is 9.59 Å². The normalized spacial score (nSPS) is 14.3. The first-order valence-electron chi connectivity index (χ1n) is 6.47. The molecule has 0 atom stereocenters. The van der Waals surface area contributed by atoms with Crippen LogP contribution in [0.3, 0.4) is 0 Å². The molecule has 3 N–H and O–H groups in total. The molecule has 0 aliphatic carbocycles. The molecule has 108 valence electrons. The van der Waals surface area contributed by atoms with Crippen LogP contribution in [0, 0.1) is 0 Å². The molecular weight excluding hydrogens is 260 g/mol. The van der Waals surface area contributed by atoms with E-state index < -0.39 is 5.97 Å². The lowest BCUT2D eigenvalue weighted by Crippen LogP contribution is -2.37. The monoisotopic (exact) mass is 278 g/mol. The lowest BCUT2D eigenvalue weighted by molar-refractivity contribution is -0.128. The standard InChI is InChI=1S/C13H18N4O3/c1-16(8-11(18)17-4-2-3-5-17)12-10(14)6-9(7-15-12)13(19)20/h6-7H,2-5,8,14H2,1H3,(H,19,20). The van der Waals surface area contributed by atoms with Crippen LogP contribution >= 0.6 is 0 Å². The Balaban J connectivity index is 2.06. The molecule has 1 aromatic rings. The third-order valence-corrected chi connectivity index (χ3v) is 3.33. The largest absolute Gasteiger partial charge is 0.478 e. The summed E-state index contributed by atoms with van der Waals surface area (Å²) in [6.07, 6.45) is 3.33. The Kier molecular flexibility index (Phi) is 4.07. The number of nitrogen functional groups attached to an aromatic ring is 1. The van der Waals surface area contributed by atoms with Gasteiger partial charge in [-0.2, -0.15) is 0 Å². The van der Waals surface area contributed by atoms with Crippen LogP contribution in [0.25, 0.3) is 0 Å². The fraction of sp³-hybridized carbons (Fsp3) is 0.462. The molecule has 2 rings (SSSR count). The number of pyridine rings is 1. The number of carboxylic acids is 1. The van der Waals surface area contributed by atoms with Crippen LogP contribution in [-0.2, 0) is 4.79 Å². The molecule has 1 fully saturated rings. The number of nitrogens with zero attached hydrogens (tertiary/aromatic N) is 3. The quantitative estimate of drug-likeness (QED) is 0.828. The van der Waals surface area contributed by atoms with Crippen molar-refractivity contribution in [1.82, 2.24) is 9.88 Å². The van der Waals surface area contributed by atoms with E-state index in [0.29, 0.717) is 5.82 Å². The minimum Gasteiger partial charge on any atom is -0.478 e. The Morgan fingerprint density at radius 3 is 2.65 bits per heavy atom. The maximum Gasteiger partial charge on any atom is 0.337 e. The molecule has 1 aromatic heterocycles. The number of amides is 1. The van der Waals surface area contributed by atoms with Crippen molar-refractivity contribution in [3.05, 3.63) is 17.8 Å². The van der Waals surface area contributed by atoms with Crippen LogP contribution in [0.2, 0.25) is 0 Å². The summed E-state index contributed by atoms with van der Waals surface area (Å²) in [7, 11) is 1.72. The zero-order valence-corrected chi connectivity index (χ0v) is 11.4. The van der Waals surface area contributed by atoms with Crippen molar-refractivity contribution in [2.45, 2.75) is 12.8 Å². The highest BCUT2D eigenvalue weighted by atomic mass is 16.4. The van der Waals surface area contributed by atoms with Gasteiger partial charge in [0.25, 0.3) is 0 Å². The first kappa shape index (κ1) is 14.1. The number of hydrogen-bond acceptors (Lipinski definition) is 5. The summed E-state index contributed by atoms with van der Waals surface area (Å²) >= 11 is 0. The lowest BCUT2D eigenvalue weighted by Gasteiger charge is -2.23. The van der Waals surface area contributed by atoms with Crippen LogP contribution in [0.15, 0.2) is 12.3 Å². The molecule has 2 heterocycles. The van der Waals surface area contributed by atoms with Gasteiger partial charge in [-0.15, -0.1) is 0 Å². The number of likely N-dealkylation sites (tertiary alicyclic amines) is 1. The van der Waals surface area contributed by atoms with Crippen LogP contribution < -0.4 is 10.6 Å². The minimum atomic E-state index is -1.08. The van der Waals surface area contributed by atoms with Crippen molar-refractivity contribution >= 4 is 23.4 Å². The van der Waals surface area contributed by atoms with E-state index in [1.54, 1.807) is 11.9 Å². The Morgan fingerprint density at radius 1 is 1.45 bits per heavy atom. The van der Waals surface area contributed by atoms with Crippen LogP contribution in [0.4, 0.5) is 11.5 Å². The van der Waals surface area contributed by atoms with Gasteiger partial charge in [-0.05, 0) is 18.9 Å². The van der Waals surface area contributed by atoms with Crippen molar-refractivity contribution in [1.29, 1.82) is 0 Å². The first-order chi connectivity index (χ1) is 9.49. The van der Waals surface area contributed by atoms with Gasteiger partial charge in [0.1, 0.15) is 0 Å². The van der Waals surface area contributed by atoms with Crippen molar-refractivity contribution in [3.63, 3.8) is 0 Å². The Labute approximate surface area is 117 Å². The molecule has 7 nitrogen and oxygen atoms in total. The molecule has 0 radical (unpaired) electrons. The zero-order valence-electron chi connectivity index (χ0n) is 11.4. The molecule has 0 unspecified atom stereocenters. The number of carbonyl (C=O) groups is 2. The molecule has 1 aliphatic heterocycles. The van der Waals surface area contributed by atoms with Crippen molar-refractivity contribution in [2.75, 3.05) is 37.3 Å². The fourth-order valence-corrected chi connectivity index (χ4v) is 2.25. The highest BCUT2D eigenvalue weighted by Gasteiger charge is 2.20. The van der Waals surface area contributed by atoms with E-state index in [2.05, 4.69) is 4.98 Å². The summed E-state index contributed by atoms with van der Waals surface area (Å²) in [5.41, 5.74) is 6.08. The predicted molar refractivity (Wildman–Crippen MR) is 74.7 cm³/mol. The second-order valence-corrected chi connectivity index (χ2v) is 4.89. The number of anilines is 2. The smallest absolute Gasteiger partial charge is 0.337 e. The maximum absolute atomic E-state index is 12.0. The summed E-state index contributed by atoms with van der Waals surface area (Å²) in [4.78, 5) is 30.3. The summed E-state index contributed by atoms with van der Waals surface area (Å²) in [5, 5.41) is 8.86. The van der Waals surface area contributed by atoms with Gasteiger partial charge >= 0.3 is 5.97 Å². The van der Waals surface area contributed by atoms with Crippen molar-refractivity contribution < 1.29 is 14.7 Å². The van der Waals surface area contributed by atoms with Crippen LogP contribution in [0.5, 0.6) is 0 Å².